The Kier molecular flexibility index (Phi) is 5.22. The van der Waals surface area contributed by atoms with Crippen molar-refractivity contribution in [3.63, 3.8) is 0 Å². The summed E-state index contributed by atoms with van der Waals surface area (Å²) in [6, 6.07) is 24.6. The average molecular weight is 426 g/mol. The summed E-state index contributed by atoms with van der Waals surface area (Å²) < 4.78 is 2.26. The molecule has 154 valence electrons. The minimum Gasteiger partial charge on any atom is -0.352 e. The fraction of sp³-hybridized carbons (Fsp3) is 0.160. The summed E-state index contributed by atoms with van der Waals surface area (Å²) in [4.78, 5) is 11.4. The first kappa shape index (κ1) is 19.5. The smallest absolute Gasteiger partial charge is 0.170 e. The zero-order valence-electron chi connectivity index (χ0n) is 17.2. The average Bonchev–Trinajstić information content (AvgIpc) is 3.40. The third kappa shape index (κ3) is 3.70. The molecule has 0 amide bonds. The third-order valence-corrected chi connectivity index (χ3v) is 6.07. The molecule has 2 atom stereocenters. The molecule has 0 aliphatic carbocycles. The van der Waals surface area contributed by atoms with Crippen LogP contribution in [0.5, 0.6) is 0 Å². The number of aryl methyl sites for hydroxylation is 1. The van der Waals surface area contributed by atoms with Gasteiger partial charge in [-0.25, -0.2) is 0 Å². The van der Waals surface area contributed by atoms with Crippen LogP contribution in [-0.4, -0.2) is 24.5 Å². The predicted octanol–water partition coefficient (Wildman–Crippen LogP) is 4.75. The molecule has 4 aromatic rings. The molecule has 31 heavy (non-hydrogen) atoms. The molecular weight excluding hydrogens is 402 g/mol. The summed E-state index contributed by atoms with van der Waals surface area (Å²) in [7, 11) is 0. The lowest BCUT2D eigenvalue weighted by atomic mass is 10.0. The maximum absolute atomic E-state index is 5.80. The number of pyridine rings is 2. The summed E-state index contributed by atoms with van der Waals surface area (Å²) >= 11 is 5.80. The SMILES string of the molecule is Cc1ccccc1-n1cccc1[C@@H]1[C@H](c2ccccn2)NC(=S)N1Cc1ccccn1. The zero-order chi connectivity index (χ0) is 21.2. The minimum atomic E-state index is -0.0601. The van der Waals surface area contributed by atoms with Gasteiger partial charge in [-0.15, -0.1) is 0 Å². The summed E-state index contributed by atoms with van der Waals surface area (Å²) in [5.41, 5.74) is 5.49. The van der Waals surface area contributed by atoms with Gasteiger partial charge in [-0.3, -0.25) is 9.97 Å². The number of hydrogen-bond acceptors (Lipinski definition) is 3. The van der Waals surface area contributed by atoms with E-state index in [9.17, 15) is 0 Å². The normalized spacial score (nSPS) is 18.2. The Bertz CT molecular complexity index is 1190. The van der Waals surface area contributed by atoms with E-state index >= 15 is 0 Å². The van der Waals surface area contributed by atoms with Gasteiger partial charge in [0.2, 0.25) is 0 Å². The quantitative estimate of drug-likeness (QED) is 0.468. The highest BCUT2D eigenvalue weighted by Gasteiger charge is 2.41. The summed E-state index contributed by atoms with van der Waals surface area (Å²) in [5, 5.41) is 4.24. The van der Waals surface area contributed by atoms with E-state index < -0.39 is 0 Å². The van der Waals surface area contributed by atoms with Gasteiger partial charge >= 0.3 is 0 Å². The predicted molar refractivity (Wildman–Crippen MR) is 126 cm³/mol. The molecule has 4 heterocycles. The standard InChI is InChI=1S/C25H23N5S/c1-18-9-2-3-12-21(18)29-16-8-13-22(29)24-23(20-11-5-7-15-27-20)28-25(31)30(24)17-19-10-4-6-14-26-19/h2-16,23-24H,17H2,1H3,(H,28,31)/t23-,24+/m0/s1. The Morgan fingerprint density at radius 2 is 1.68 bits per heavy atom. The highest BCUT2D eigenvalue weighted by molar-refractivity contribution is 7.80. The van der Waals surface area contributed by atoms with Crippen molar-refractivity contribution in [2.24, 2.45) is 0 Å². The lowest BCUT2D eigenvalue weighted by Gasteiger charge is -2.29. The molecule has 1 fully saturated rings. The molecule has 0 bridgehead atoms. The number of rotatable bonds is 5. The Hall–Kier alpha value is -3.51. The Labute approximate surface area is 187 Å². The van der Waals surface area contributed by atoms with Crippen molar-refractivity contribution >= 4 is 17.3 Å². The second-order valence-electron chi connectivity index (χ2n) is 7.67. The van der Waals surface area contributed by atoms with E-state index in [0.29, 0.717) is 11.7 Å². The molecule has 1 N–H and O–H groups in total. The number of nitrogens with zero attached hydrogens (tertiary/aromatic N) is 4. The van der Waals surface area contributed by atoms with Crippen LogP contribution in [0.3, 0.4) is 0 Å². The first-order valence-electron chi connectivity index (χ1n) is 10.3. The van der Waals surface area contributed by atoms with Gasteiger partial charge in [0.25, 0.3) is 0 Å². The van der Waals surface area contributed by atoms with E-state index in [1.54, 1.807) is 0 Å². The molecule has 0 spiro atoms. The minimum absolute atomic E-state index is 0.0287. The van der Waals surface area contributed by atoms with Crippen molar-refractivity contribution in [3.8, 4) is 5.69 Å². The van der Waals surface area contributed by atoms with Gasteiger partial charge in [0, 0.05) is 30.0 Å². The van der Waals surface area contributed by atoms with Gasteiger partial charge in [0.05, 0.1) is 30.0 Å². The van der Waals surface area contributed by atoms with Gasteiger partial charge in [-0.2, -0.15) is 0 Å². The molecular formula is C25H23N5S. The van der Waals surface area contributed by atoms with Crippen LogP contribution in [0, 0.1) is 6.92 Å². The van der Waals surface area contributed by atoms with E-state index in [-0.39, 0.29) is 12.1 Å². The molecule has 6 heteroatoms. The molecule has 1 aliphatic rings. The maximum Gasteiger partial charge on any atom is 0.170 e. The summed E-state index contributed by atoms with van der Waals surface area (Å²) in [6.07, 6.45) is 5.77. The molecule has 1 saturated heterocycles. The number of aromatic nitrogens is 3. The number of hydrogen-bond donors (Lipinski definition) is 1. The fourth-order valence-electron chi connectivity index (χ4n) is 4.25. The van der Waals surface area contributed by atoms with E-state index in [2.05, 4.69) is 80.3 Å². The van der Waals surface area contributed by atoms with E-state index in [1.165, 1.54) is 5.56 Å². The zero-order valence-corrected chi connectivity index (χ0v) is 18.0. The van der Waals surface area contributed by atoms with Gasteiger partial charge in [-0.05, 0) is 67.2 Å². The monoisotopic (exact) mass is 425 g/mol. The molecule has 0 unspecified atom stereocenters. The van der Waals surface area contributed by atoms with Crippen molar-refractivity contribution in [1.82, 2.24) is 24.8 Å². The molecule has 0 saturated carbocycles. The molecule has 5 nitrogen and oxygen atoms in total. The van der Waals surface area contributed by atoms with Crippen LogP contribution in [0.2, 0.25) is 0 Å². The first-order valence-corrected chi connectivity index (χ1v) is 10.7. The highest BCUT2D eigenvalue weighted by Crippen LogP contribution is 2.40. The van der Waals surface area contributed by atoms with E-state index in [1.807, 2.05) is 42.7 Å². The summed E-state index contributed by atoms with van der Waals surface area (Å²) in [5.74, 6) is 0. The maximum atomic E-state index is 5.80. The van der Waals surface area contributed by atoms with Crippen LogP contribution in [0.25, 0.3) is 5.69 Å². The van der Waals surface area contributed by atoms with Gasteiger partial charge in [0.15, 0.2) is 5.11 Å². The highest BCUT2D eigenvalue weighted by atomic mass is 32.1. The van der Waals surface area contributed by atoms with Gasteiger partial charge in [-0.1, -0.05) is 30.3 Å². The van der Waals surface area contributed by atoms with Crippen LogP contribution in [-0.2, 0) is 6.54 Å². The van der Waals surface area contributed by atoms with Crippen molar-refractivity contribution in [2.75, 3.05) is 0 Å². The number of thiocarbonyl (C=S) groups is 1. The topological polar surface area (TPSA) is 46.0 Å². The van der Waals surface area contributed by atoms with Gasteiger partial charge < -0.3 is 14.8 Å². The van der Waals surface area contributed by atoms with E-state index in [0.717, 1.165) is 22.8 Å². The second-order valence-corrected chi connectivity index (χ2v) is 8.05. The molecule has 0 radical (unpaired) electrons. The van der Waals surface area contributed by atoms with E-state index in [4.69, 9.17) is 12.2 Å². The lowest BCUT2D eigenvalue weighted by Crippen LogP contribution is -2.30. The van der Waals surface area contributed by atoms with Crippen molar-refractivity contribution in [3.05, 3.63) is 114 Å². The van der Waals surface area contributed by atoms with Gasteiger partial charge in [0.1, 0.15) is 0 Å². The van der Waals surface area contributed by atoms with Crippen LogP contribution >= 0.6 is 12.2 Å². The Balaban J connectivity index is 1.62. The number of para-hydroxylation sites is 1. The van der Waals surface area contributed by atoms with Crippen LogP contribution in [0.4, 0.5) is 0 Å². The Morgan fingerprint density at radius 1 is 0.903 bits per heavy atom. The van der Waals surface area contributed by atoms with Crippen molar-refractivity contribution in [2.45, 2.75) is 25.6 Å². The number of nitrogens with one attached hydrogen (secondary N) is 1. The van der Waals surface area contributed by atoms with Crippen LogP contribution < -0.4 is 5.32 Å². The van der Waals surface area contributed by atoms with Crippen molar-refractivity contribution < 1.29 is 0 Å². The second kappa shape index (κ2) is 8.32. The van der Waals surface area contributed by atoms with Crippen molar-refractivity contribution in [1.29, 1.82) is 0 Å². The molecule has 1 aliphatic heterocycles. The first-order chi connectivity index (χ1) is 15.2. The summed E-state index contributed by atoms with van der Waals surface area (Å²) in [6.45, 7) is 2.76. The fourth-order valence-corrected chi connectivity index (χ4v) is 4.56. The van der Waals surface area contributed by atoms with Crippen LogP contribution in [0.15, 0.2) is 91.4 Å². The Morgan fingerprint density at radius 3 is 2.42 bits per heavy atom. The number of benzene rings is 1. The molecule has 3 aromatic heterocycles. The molecule has 5 rings (SSSR count). The lowest BCUT2D eigenvalue weighted by molar-refractivity contribution is 0.299. The van der Waals surface area contributed by atoms with Crippen LogP contribution in [0.1, 0.15) is 34.7 Å². The largest absolute Gasteiger partial charge is 0.352 e. The third-order valence-electron chi connectivity index (χ3n) is 5.71. The molecule has 1 aromatic carbocycles.